The summed E-state index contributed by atoms with van der Waals surface area (Å²) in [5.41, 5.74) is 9.62. The van der Waals surface area contributed by atoms with Crippen LogP contribution in [0.2, 0.25) is 0 Å². The average Bonchev–Trinajstić information content (AvgIpc) is 2.28. The number of hydrogen-bond donors (Lipinski definition) is 3. The van der Waals surface area contributed by atoms with Gasteiger partial charge in [-0.15, -0.1) is 0 Å². The van der Waals surface area contributed by atoms with Gasteiger partial charge in [-0.2, -0.15) is 0 Å². The van der Waals surface area contributed by atoms with E-state index >= 15 is 0 Å². The fraction of sp³-hybridized carbons (Fsp3) is 0.182. The third-order valence-electron chi connectivity index (χ3n) is 2.15. The van der Waals surface area contributed by atoms with Gasteiger partial charge in [-0.25, -0.2) is 4.39 Å². The van der Waals surface area contributed by atoms with Crippen LogP contribution in [-0.2, 0) is 4.79 Å². The summed E-state index contributed by atoms with van der Waals surface area (Å²) >= 11 is 0. The Hall–Kier alpha value is -2.44. The Labute approximate surface area is 102 Å². The number of amides is 3. The maximum atomic E-state index is 13.4. The number of carbonyl (C=O) groups excluding carboxylic acids is 3. The quantitative estimate of drug-likeness (QED) is 0.658. The van der Waals surface area contributed by atoms with E-state index < -0.39 is 23.5 Å². The van der Waals surface area contributed by atoms with E-state index in [-0.39, 0.29) is 24.1 Å². The third-order valence-corrected chi connectivity index (χ3v) is 2.15. The molecule has 96 valence electrons. The number of benzene rings is 1. The molecule has 0 aromatic heterocycles. The van der Waals surface area contributed by atoms with Crippen molar-refractivity contribution in [1.82, 2.24) is 5.32 Å². The van der Waals surface area contributed by atoms with Crippen LogP contribution in [0.25, 0.3) is 0 Å². The number of hydrogen-bond acceptors (Lipinski definition) is 3. The number of nitrogens with one attached hydrogen (secondary N) is 1. The van der Waals surface area contributed by atoms with E-state index in [2.05, 4.69) is 5.32 Å². The zero-order valence-electron chi connectivity index (χ0n) is 9.40. The number of carbonyl (C=O) groups is 3. The molecule has 0 atom stereocenters. The minimum absolute atomic E-state index is 0.00555. The number of halogens is 1. The summed E-state index contributed by atoms with van der Waals surface area (Å²) in [4.78, 5) is 32.9. The van der Waals surface area contributed by atoms with Gasteiger partial charge >= 0.3 is 0 Å². The Morgan fingerprint density at radius 1 is 1.22 bits per heavy atom. The Kier molecular flexibility index (Phi) is 4.36. The molecule has 0 aliphatic carbocycles. The molecule has 3 amide bonds. The molecule has 0 fully saturated rings. The Balaban J connectivity index is 2.81. The first kappa shape index (κ1) is 13.6. The van der Waals surface area contributed by atoms with Crippen LogP contribution in [0.1, 0.15) is 27.1 Å². The van der Waals surface area contributed by atoms with E-state index in [0.717, 1.165) is 12.1 Å². The van der Waals surface area contributed by atoms with Crippen molar-refractivity contribution in [2.45, 2.75) is 6.42 Å². The van der Waals surface area contributed by atoms with Gasteiger partial charge in [0.1, 0.15) is 5.82 Å². The molecule has 5 N–H and O–H groups in total. The van der Waals surface area contributed by atoms with E-state index in [1.54, 1.807) is 0 Å². The first-order valence-electron chi connectivity index (χ1n) is 5.07. The van der Waals surface area contributed by atoms with Gasteiger partial charge < -0.3 is 16.8 Å². The highest BCUT2D eigenvalue weighted by Crippen LogP contribution is 2.10. The van der Waals surface area contributed by atoms with Gasteiger partial charge in [-0.3, -0.25) is 14.4 Å². The lowest BCUT2D eigenvalue weighted by atomic mass is 10.1. The summed E-state index contributed by atoms with van der Waals surface area (Å²) in [6.07, 6.45) is -0.0527. The molecule has 1 aromatic rings. The van der Waals surface area contributed by atoms with Crippen molar-refractivity contribution in [2.75, 3.05) is 6.54 Å². The molecular weight excluding hydrogens is 241 g/mol. The summed E-state index contributed by atoms with van der Waals surface area (Å²) in [6, 6.07) is 3.21. The predicted molar refractivity (Wildman–Crippen MR) is 61.1 cm³/mol. The van der Waals surface area contributed by atoms with Crippen LogP contribution in [0.5, 0.6) is 0 Å². The topological polar surface area (TPSA) is 115 Å². The maximum Gasteiger partial charge on any atom is 0.254 e. The van der Waals surface area contributed by atoms with Crippen LogP contribution >= 0.6 is 0 Å². The number of primary amides is 2. The fourth-order valence-corrected chi connectivity index (χ4v) is 1.25. The van der Waals surface area contributed by atoms with Crippen molar-refractivity contribution in [3.63, 3.8) is 0 Å². The lowest BCUT2D eigenvalue weighted by molar-refractivity contribution is -0.117. The Morgan fingerprint density at radius 2 is 1.89 bits per heavy atom. The molecular formula is C11H12FN3O3. The molecule has 0 heterocycles. The molecule has 0 bridgehead atoms. The third kappa shape index (κ3) is 3.55. The summed E-state index contributed by atoms with van der Waals surface area (Å²) in [5.74, 6) is -2.86. The van der Waals surface area contributed by atoms with Crippen LogP contribution in [0.4, 0.5) is 4.39 Å². The molecule has 0 unspecified atom stereocenters. The largest absolute Gasteiger partial charge is 0.370 e. The second-order valence-corrected chi connectivity index (χ2v) is 3.53. The maximum absolute atomic E-state index is 13.4. The Morgan fingerprint density at radius 3 is 2.44 bits per heavy atom. The van der Waals surface area contributed by atoms with Crippen LogP contribution in [0.3, 0.4) is 0 Å². The second kappa shape index (κ2) is 5.76. The van der Waals surface area contributed by atoms with Crippen molar-refractivity contribution < 1.29 is 18.8 Å². The average molecular weight is 253 g/mol. The van der Waals surface area contributed by atoms with Gasteiger partial charge in [0.25, 0.3) is 5.91 Å². The van der Waals surface area contributed by atoms with Gasteiger partial charge in [-0.05, 0) is 18.2 Å². The summed E-state index contributed by atoms with van der Waals surface area (Å²) in [7, 11) is 0. The highest BCUT2D eigenvalue weighted by molar-refractivity contribution is 5.99. The molecule has 0 saturated heterocycles. The lowest BCUT2D eigenvalue weighted by Gasteiger charge is -2.06. The first-order chi connectivity index (χ1) is 8.41. The summed E-state index contributed by atoms with van der Waals surface area (Å²) in [6.45, 7) is -0.00555. The van der Waals surface area contributed by atoms with E-state index in [1.165, 1.54) is 6.07 Å². The van der Waals surface area contributed by atoms with E-state index in [9.17, 15) is 18.8 Å². The van der Waals surface area contributed by atoms with Crippen molar-refractivity contribution in [3.8, 4) is 0 Å². The zero-order chi connectivity index (χ0) is 13.7. The van der Waals surface area contributed by atoms with Crippen LogP contribution in [-0.4, -0.2) is 24.3 Å². The fourth-order valence-electron chi connectivity index (χ4n) is 1.25. The molecule has 1 aromatic carbocycles. The standard InChI is InChI=1S/C11H12FN3O3/c12-8-2-1-6(10(14)17)5-7(8)11(18)15-4-3-9(13)16/h1-2,5H,3-4H2,(H2,13,16)(H2,14,17)(H,15,18). The summed E-state index contributed by atoms with van der Waals surface area (Å²) in [5, 5.41) is 2.31. The van der Waals surface area contributed by atoms with Gasteiger partial charge in [0.15, 0.2) is 0 Å². The van der Waals surface area contributed by atoms with E-state index in [0.29, 0.717) is 0 Å². The molecule has 6 nitrogen and oxygen atoms in total. The van der Waals surface area contributed by atoms with Gasteiger partial charge in [0.05, 0.1) is 5.56 Å². The zero-order valence-corrected chi connectivity index (χ0v) is 9.40. The molecule has 0 aliphatic rings. The molecule has 0 saturated carbocycles. The SMILES string of the molecule is NC(=O)CCNC(=O)c1cc(C(N)=O)ccc1F. The van der Waals surface area contributed by atoms with Crippen molar-refractivity contribution in [1.29, 1.82) is 0 Å². The molecule has 0 spiro atoms. The van der Waals surface area contributed by atoms with Crippen molar-refractivity contribution >= 4 is 17.7 Å². The minimum Gasteiger partial charge on any atom is -0.370 e. The van der Waals surface area contributed by atoms with Crippen LogP contribution in [0, 0.1) is 5.82 Å². The monoisotopic (exact) mass is 253 g/mol. The molecule has 0 radical (unpaired) electrons. The van der Waals surface area contributed by atoms with Crippen LogP contribution in [0.15, 0.2) is 18.2 Å². The molecule has 0 aliphatic heterocycles. The molecule has 1 rings (SSSR count). The highest BCUT2D eigenvalue weighted by Gasteiger charge is 2.14. The smallest absolute Gasteiger partial charge is 0.254 e. The van der Waals surface area contributed by atoms with E-state index in [4.69, 9.17) is 11.5 Å². The number of nitrogens with two attached hydrogens (primary N) is 2. The van der Waals surface area contributed by atoms with Crippen molar-refractivity contribution in [2.24, 2.45) is 11.5 Å². The van der Waals surface area contributed by atoms with Crippen molar-refractivity contribution in [3.05, 3.63) is 35.1 Å². The molecule has 18 heavy (non-hydrogen) atoms. The molecule has 7 heteroatoms. The lowest BCUT2D eigenvalue weighted by Crippen LogP contribution is -2.28. The van der Waals surface area contributed by atoms with Gasteiger partial charge in [0.2, 0.25) is 11.8 Å². The summed E-state index contributed by atoms with van der Waals surface area (Å²) < 4.78 is 13.4. The second-order valence-electron chi connectivity index (χ2n) is 3.53. The highest BCUT2D eigenvalue weighted by atomic mass is 19.1. The van der Waals surface area contributed by atoms with Gasteiger partial charge in [-0.1, -0.05) is 0 Å². The normalized spacial score (nSPS) is 9.83. The minimum atomic E-state index is -0.781. The van der Waals surface area contributed by atoms with E-state index in [1.807, 2.05) is 0 Å². The van der Waals surface area contributed by atoms with Crippen LogP contribution < -0.4 is 16.8 Å². The predicted octanol–water partition coefficient (Wildman–Crippen LogP) is -0.470. The first-order valence-corrected chi connectivity index (χ1v) is 5.07. The number of rotatable bonds is 5. The van der Waals surface area contributed by atoms with Gasteiger partial charge in [0, 0.05) is 18.5 Å². The Bertz CT molecular complexity index is 502.